The number of imidazole rings is 1. The highest BCUT2D eigenvalue weighted by molar-refractivity contribution is 5.92. The number of urea groups is 1. The van der Waals surface area contributed by atoms with Crippen molar-refractivity contribution in [1.82, 2.24) is 30.0 Å². The standard InChI is InChI=1S/C21H19FN8O2/c1-12-8-14(22)16(29-21(31)30-6-3-7-32-30)9-15(12)28-19-13(4-2-5-23-19)17-18-20(26-10-24-17)27-11-25-18/h2,4-5,8-11H,3,6-7H2,1H3,(H,23,28)(H,29,31)(H,24,25,26,27). The number of aryl methyl sites for hydroxylation is 1. The molecule has 3 aromatic heterocycles. The molecule has 1 saturated heterocycles. The minimum atomic E-state index is -0.545. The van der Waals surface area contributed by atoms with Gasteiger partial charge in [0, 0.05) is 17.4 Å². The number of hydrogen-bond donors (Lipinski definition) is 3. The summed E-state index contributed by atoms with van der Waals surface area (Å²) in [6.07, 6.45) is 5.37. The van der Waals surface area contributed by atoms with Gasteiger partial charge in [0.05, 0.1) is 25.2 Å². The van der Waals surface area contributed by atoms with E-state index >= 15 is 0 Å². The summed E-state index contributed by atoms with van der Waals surface area (Å²) in [5, 5.41) is 6.99. The first-order valence-corrected chi connectivity index (χ1v) is 9.98. The molecule has 0 radical (unpaired) electrons. The van der Waals surface area contributed by atoms with E-state index in [0.29, 0.717) is 52.6 Å². The van der Waals surface area contributed by atoms with Crippen molar-refractivity contribution in [3.05, 3.63) is 54.5 Å². The predicted octanol–water partition coefficient (Wildman–Crippen LogP) is 3.78. The van der Waals surface area contributed by atoms with Gasteiger partial charge in [-0.05, 0) is 43.2 Å². The van der Waals surface area contributed by atoms with E-state index in [2.05, 4.69) is 35.6 Å². The number of H-pyrrole nitrogens is 1. The van der Waals surface area contributed by atoms with Gasteiger partial charge in [-0.15, -0.1) is 0 Å². The fourth-order valence-corrected chi connectivity index (χ4v) is 3.48. The Balaban J connectivity index is 1.48. The number of carbonyl (C=O) groups is 1. The molecule has 1 aliphatic rings. The van der Waals surface area contributed by atoms with Crippen LogP contribution in [0.3, 0.4) is 0 Å². The van der Waals surface area contributed by atoms with Crippen LogP contribution in [0.25, 0.3) is 22.4 Å². The first-order chi connectivity index (χ1) is 15.6. The van der Waals surface area contributed by atoms with Crippen molar-refractivity contribution < 1.29 is 14.0 Å². The molecule has 0 aliphatic carbocycles. The molecule has 162 valence electrons. The van der Waals surface area contributed by atoms with Crippen LogP contribution in [0, 0.1) is 12.7 Å². The van der Waals surface area contributed by atoms with Gasteiger partial charge in [-0.3, -0.25) is 4.84 Å². The van der Waals surface area contributed by atoms with Crippen LogP contribution >= 0.6 is 0 Å². The summed E-state index contributed by atoms with van der Waals surface area (Å²) in [6.45, 7) is 2.69. The Hall–Kier alpha value is -4.12. The monoisotopic (exact) mass is 434 g/mol. The normalized spacial score (nSPS) is 13.5. The van der Waals surface area contributed by atoms with Gasteiger partial charge >= 0.3 is 6.03 Å². The minimum absolute atomic E-state index is 0.0362. The van der Waals surface area contributed by atoms with Gasteiger partial charge in [0.1, 0.15) is 29.2 Å². The van der Waals surface area contributed by atoms with Gasteiger partial charge in [-0.2, -0.15) is 0 Å². The predicted molar refractivity (Wildman–Crippen MR) is 116 cm³/mol. The highest BCUT2D eigenvalue weighted by Crippen LogP contribution is 2.33. The molecule has 0 spiro atoms. The molecule has 4 heterocycles. The molecule has 10 nitrogen and oxygen atoms in total. The van der Waals surface area contributed by atoms with Crippen molar-refractivity contribution in [2.75, 3.05) is 23.8 Å². The van der Waals surface area contributed by atoms with Gasteiger partial charge in [-0.1, -0.05) is 0 Å². The highest BCUT2D eigenvalue weighted by Gasteiger charge is 2.21. The lowest BCUT2D eigenvalue weighted by molar-refractivity contribution is -0.0614. The van der Waals surface area contributed by atoms with E-state index < -0.39 is 11.8 Å². The van der Waals surface area contributed by atoms with Crippen molar-refractivity contribution in [2.24, 2.45) is 0 Å². The van der Waals surface area contributed by atoms with Crippen LogP contribution in [0.1, 0.15) is 12.0 Å². The number of fused-ring (bicyclic) bond motifs is 1. The zero-order valence-corrected chi connectivity index (χ0v) is 17.1. The second-order valence-corrected chi connectivity index (χ2v) is 7.21. The lowest BCUT2D eigenvalue weighted by atomic mass is 10.1. The van der Waals surface area contributed by atoms with Gasteiger partial charge < -0.3 is 15.6 Å². The average Bonchev–Trinajstić information content (AvgIpc) is 3.49. The van der Waals surface area contributed by atoms with E-state index in [9.17, 15) is 9.18 Å². The van der Waals surface area contributed by atoms with E-state index in [1.165, 1.54) is 23.5 Å². The van der Waals surface area contributed by atoms with Crippen molar-refractivity contribution in [2.45, 2.75) is 13.3 Å². The summed E-state index contributed by atoms with van der Waals surface area (Å²) in [5.41, 5.74) is 3.82. The lowest BCUT2D eigenvalue weighted by Gasteiger charge is -2.17. The summed E-state index contributed by atoms with van der Waals surface area (Å²) in [5.74, 6) is -0.0335. The summed E-state index contributed by atoms with van der Waals surface area (Å²) < 4.78 is 14.6. The molecule has 1 fully saturated rings. The first kappa shape index (κ1) is 19.8. The van der Waals surface area contributed by atoms with E-state index in [1.807, 2.05) is 6.07 Å². The number of benzene rings is 1. The zero-order chi connectivity index (χ0) is 22.1. The molecule has 0 unspecified atom stereocenters. The maximum atomic E-state index is 14.6. The number of hydroxylamine groups is 2. The van der Waals surface area contributed by atoms with Gasteiger partial charge in [0.15, 0.2) is 5.65 Å². The summed E-state index contributed by atoms with van der Waals surface area (Å²) in [4.78, 5) is 37.7. The number of halogens is 1. The maximum Gasteiger partial charge on any atom is 0.345 e. The van der Waals surface area contributed by atoms with Gasteiger partial charge in [0.2, 0.25) is 0 Å². The van der Waals surface area contributed by atoms with Crippen molar-refractivity contribution in [3.8, 4) is 11.3 Å². The number of nitrogens with one attached hydrogen (secondary N) is 3. The fraction of sp³-hybridized carbons (Fsp3) is 0.190. The molecular formula is C21H19FN8O2. The molecular weight excluding hydrogens is 415 g/mol. The van der Waals surface area contributed by atoms with Crippen LogP contribution in [0.5, 0.6) is 0 Å². The molecule has 0 atom stereocenters. The van der Waals surface area contributed by atoms with E-state index in [4.69, 9.17) is 4.84 Å². The van der Waals surface area contributed by atoms with Crippen LogP contribution in [0.15, 0.2) is 43.1 Å². The zero-order valence-electron chi connectivity index (χ0n) is 17.1. The molecule has 32 heavy (non-hydrogen) atoms. The maximum absolute atomic E-state index is 14.6. The number of nitrogens with zero attached hydrogens (tertiary/aromatic N) is 5. The largest absolute Gasteiger partial charge is 0.345 e. The Morgan fingerprint density at radius 1 is 1.22 bits per heavy atom. The van der Waals surface area contributed by atoms with Crippen LogP contribution in [-0.2, 0) is 4.84 Å². The smallest absolute Gasteiger partial charge is 0.341 e. The average molecular weight is 434 g/mol. The van der Waals surface area contributed by atoms with Crippen LogP contribution < -0.4 is 10.6 Å². The van der Waals surface area contributed by atoms with Crippen LogP contribution in [0.4, 0.5) is 26.4 Å². The second-order valence-electron chi connectivity index (χ2n) is 7.21. The van der Waals surface area contributed by atoms with Gasteiger partial charge in [-0.25, -0.2) is 34.2 Å². The van der Waals surface area contributed by atoms with Crippen molar-refractivity contribution in [3.63, 3.8) is 0 Å². The second kappa shape index (κ2) is 8.19. The molecule has 1 aliphatic heterocycles. The number of carbonyl (C=O) groups excluding carboxylic acids is 1. The number of pyridine rings is 1. The summed E-state index contributed by atoms with van der Waals surface area (Å²) in [6, 6.07) is 6.03. The van der Waals surface area contributed by atoms with Crippen LogP contribution in [-0.4, -0.2) is 49.2 Å². The summed E-state index contributed by atoms with van der Waals surface area (Å²) in [7, 11) is 0. The molecule has 1 aromatic carbocycles. The molecule has 2 amide bonds. The number of aromatic nitrogens is 5. The Morgan fingerprint density at radius 2 is 2.12 bits per heavy atom. The third-order valence-electron chi connectivity index (χ3n) is 5.07. The Kier molecular flexibility index (Phi) is 5.07. The molecule has 5 rings (SSSR count). The number of amides is 2. The number of rotatable bonds is 4. The summed E-state index contributed by atoms with van der Waals surface area (Å²) >= 11 is 0. The van der Waals surface area contributed by atoms with Gasteiger partial charge in [0.25, 0.3) is 0 Å². The highest BCUT2D eigenvalue weighted by atomic mass is 19.1. The Morgan fingerprint density at radius 3 is 2.97 bits per heavy atom. The number of anilines is 3. The van der Waals surface area contributed by atoms with E-state index in [-0.39, 0.29) is 5.69 Å². The number of aromatic amines is 1. The molecule has 4 aromatic rings. The minimum Gasteiger partial charge on any atom is -0.341 e. The fourth-order valence-electron chi connectivity index (χ4n) is 3.48. The van der Waals surface area contributed by atoms with Crippen molar-refractivity contribution >= 4 is 34.4 Å². The Bertz CT molecular complexity index is 1300. The molecule has 0 saturated carbocycles. The third kappa shape index (κ3) is 3.69. The lowest BCUT2D eigenvalue weighted by Crippen LogP contribution is -2.31. The number of hydrogen-bond acceptors (Lipinski definition) is 7. The SMILES string of the molecule is Cc1cc(F)c(NC(=O)N2CCCO2)cc1Nc1ncccc1-c1ncnc2nc[nH]c12. The van der Waals surface area contributed by atoms with E-state index in [0.717, 1.165) is 6.42 Å². The van der Waals surface area contributed by atoms with Crippen molar-refractivity contribution in [1.29, 1.82) is 0 Å². The molecule has 3 N–H and O–H groups in total. The first-order valence-electron chi connectivity index (χ1n) is 9.98. The van der Waals surface area contributed by atoms with E-state index in [1.54, 1.807) is 25.5 Å². The van der Waals surface area contributed by atoms with Crippen LogP contribution in [0.2, 0.25) is 0 Å². The topological polar surface area (TPSA) is 121 Å². The molecule has 0 bridgehead atoms. The quantitative estimate of drug-likeness (QED) is 0.447. The Labute approximate surface area is 181 Å². The molecule has 11 heteroatoms. The third-order valence-corrected chi connectivity index (χ3v) is 5.07.